The third kappa shape index (κ3) is 2.86. The Morgan fingerprint density at radius 1 is 1.38 bits per heavy atom. The average molecular weight is 367 g/mol. The van der Waals surface area contributed by atoms with Crippen molar-refractivity contribution in [1.82, 2.24) is 15.3 Å². The molecule has 0 bridgehead atoms. The molecule has 0 radical (unpaired) electrons. The van der Waals surface area contributed by atoms with Gasteiger partial charge in [0.25, 0.3) is 0 Å². The summed E-state index contributed by atoms with van der Waals surface area (Å²) in [4.78, 5) is 32.2. The quantitative estimate of drug-likeness (QED) is 0.473. The molecule has 0 aliphatic carbocycles. The number of hydrogen-bond donors (Lipinski definition) is 3. The molecule has 3 N–H and O–H groups in total. The van der Waals surface area contributed by atoms with Crippen LogP contribution in [0.3, 0.4) is 0 Å². The summed E-state index contributed by atoms with van der Waals surface area (Å²) in [6.45, 7) is 0.376. The number of carboxylic acid groups (broad SMARTS) is 1. The zero-order chi connectivity index (χ0) is 18.1. The van der Waals surface area contributed by atoms with Crippen LogP contribution >= 0.6 is 11.3 Å². The maximum Gasteiger partial charge on any atom is 0.345 e. The number of thiophene rings is 1. The normalized spacial score (nSPS) is 15.7. The molecule has 4 rings (SSSR count). The van der Waals surface area contributed by atoms with Gasteiger partial charge in [-0.15, -0.1) is 11.3 Å². The molecule has 0 saturated carbocycles. The predicted molar refractivity (Wildman–Crippen MR) is 96.0 cm³/mol. The Balaban J connectivity index is 1.63. The number of ether oxygens (including phenoxy) is 1. The number of carbonyl (C=O) groups is 2. The molecule has 0 spiro atoms. The molecule has 0 unspecified atom stereocenters. The van der Waals surface area contributed by atoms with Crippen LogP contribution in [0.25, 0.3) is 17.1 Å². The van der Waals surface area contributed by atoms with E-state index >= 15 is 0 Å². The molecular weight excluding hydrogens is 354 g/mol. The number of aromatic nitrogens is 2. The van der Waals surface area contributed by atoms with Crippen molar-refractivity contribution >= 4 is 40.2 Å². The molecule has 3 aromatic rings. The number of H-pyrrole nitrogens is 1. The Hall–Kier alpha value is -3.39. The van der Waals surface area contributed by atoms with Crippen molar-refractivity contribution in [2.24, 2.45) is 0 Å². The van der Waals surface area contributed by atoms with Gasteiger partial charge in [-0.3, -0.25) is 4.79 Å². The van der Waals surface area contributed by atoms with Crippen LogP contribution in [0, 0.1) is 0 Å². The van der Waals surface area contributed by atoms with Crippen molar-refractivity contribution in [3.8, 4) is 0 Å². The first-order valence-corrected chi connectivity index (χ1v) is 8.61. The number of allylic oxidation sites excluding steroid dienone is 1. The second-order valence-corrected chi connectivity index (χ2v) is 6.56. The van der Waals surface area contributed by atoms with Crippen molar-refractivity contribution in [2.75, 3.05) is 0 Å². The Kier molecular flexibility index (Phi) is 4.02. The third-order valence-corrected chi connectivity index (χ3v) is 4.75. The van der Waals surface area contributed by atoms with E-state index in [1.54, 1.807) is 18.5 Å². The van der Waals surface area contributed by atoms with Crippen LogP contribution in [0.1, 0.15) is 10.4 Å². The number of carboxylic acids is 1. The lowest BCUT2D eigenvalue weighted by Gasteiger charge is -2.06. The van der Waals surface area contributed by atoms with Crippen LogP contribution in [0.5, 0.6) is 0 Å². The van der Waals surface area contributed by atoms with E-state index in [2.05, 4.69) is 15.3 Å². The van der Waals surface area contributed by atoms with Crippen LogP contribution in [-0.4, -0.2) is 26.8 Å². The molecule has 1 aliphatic heterocycles. The number of aromatic amines is 1. The molecule has 8 heteroatoms. The SMILES string of the molecule is O=C(O)C1=C(NCc2cccs2)OC(=Cc2c[nH]c3ncccc23)C1=O. The summed E-state index contributed by atoms with van der Waals surface area (Å²) < 4.78 is 5.54. The van der Waals surface area contributed by atoms with Gasteiger partial charge < -0.3 is 20.1 Å². The number of hydrogen-bond acceptors (Lipinski definition) is 6. The standard InChI is InChI=1S/C18H13N3O4S/c22-15-13(7-10-8-20-16-12(10)4-1-5-19-16)25-17(14(15)18(23)24)21-9-11-3-2-6-26-11/h1-8,21H,9H2,(H,19,20)(H,23,24). The van der Waals surface area contributed by atoms with Gasteiger partial charge in [0.05, 0.1) is 6.54 Å². The first-order valence-electron chi connectivity index (χ1n) is 7.73. The smallest absolute Gasteiger partial charge is 0.345 e. The molecule has 1 aliphatic rings. The molecule has 0 atom stereocenters. The van der Waals surface area contributed by atoms with Crippen molar-refractivity contribution < 1.29 is 19.4 Å². The van der Waals surface area contributed by atoms with E-state index in [0.29, 0.717) is 17.8 Å². The van der Waals surface area contributed by atoms with Crippen molar-refractivity contribution in [1.29, 1.82) is 0 Å². The van der Waals surface area contributed by atoms with E-state index in [-0.39, 0.29) is 11.6 Å². The Bertz CT molecular complexity index is 1060. The highest BCUT2D eigenvalue weighted by molar-refractivity contribution is 7.09. The monoisotopic (exact) mass is 367 g/mol. The van der Waals surface area contributed by atoms with E-state index in [9.17, 15) is 14.7 Å². The van der Waals surface area contributed by atoms with Crippen molar-refractivity contribution in [3.63, 3.8) is 0 Å². The number of nitrogens with one attached hydrogen (secondary N) is 2. The van der Waals surface area contributed by atoms with E-state index in [0.717, 1.165) is 10.3 Å². The lowest BCUT2D eigenvalue weighted by Crippen LogP contribution is -2.17. The first-order chi connectivity index (χ1) is 12.6. The summed E-state index contributed by atoms with van der Waals surface area (Å²) in [5, 5.41) is 15.0. The van der Waals surface area contributed by atoms with Gasteiger partial charge in [-0.1, -0.05) is 6.07 Å². The summed E-state index contributed by atoms with van der Waals surface area (Å²) in [5.74, 6) is -2.07. The van der Waals surface area contributed by atoms with E-state index in [1.807, 2.05) is 23.6 Å². The highest BCUT2D eigenvalue weighted by Gasteiger charge is 2.35. The molecule has 130 valence electrons. The van der Waals surface area contributed by atoms with Gasteiger partial charge in [0.2, 0.25) is 11.7 Å². The van der Waals surface area contributed by atoms with Gasteiger partial charge in [-0.05, 0) is 29.7 Å². The second kappa shape index (κ2) is 6.49. The van der Waals surface area contributed by atoms with Crippen LogP contribution in [0.4, 0.5) is 0 Å². The van der Waals surface area contributed by atoms with E-state index < -0.39 is 17.3 Å². The maximum atomic E-state index is 12.5. The Labute approximate surface area is 151 Å². The minimum absolute atomic E-state index is 0.0409. The average Bonchev–Trinajstić information content (AvgIpc) is 3.34. The van der Waals surface area contributed by atoms with E-state index in [4.69, 9.17) is 4.74 Å². The first kappa shape index (κ1) is 16.1. The van der Waals surface area contributed by atoms with Crippen LogP contribution < -0.4 is 5.32 Å². The summed E-state index contributed by atoms with van der Waals surface area (Å²) >= 11 is 1.52. The predicted octanol–water partition coefficient (Wildman–Crippen LogP) is 2.65. The van der Waals surface area contributed by atoms with Gasteiger partial charge in [0, 0.05) is 28.2 Å². The zero-order valence-corrected chi connectivity index (χ0v) is 14.2. The lowest BCUT2D eigenvalue weighted by atomic mass is 10.1. The molecule has 4 heterocycles. The zero-order valence-electron chi connectivity index (χ0n) is 13.4. The lowest BCUT2D eigenvalue weighted by molar-refractivity contribution is -0.134. The molecule has 7 nitrogen and oxygen atoms in total. The summed E-state index contributed by atoms with van der Waals surface area (Å²) in [6.07, 6.45) is 4.87. The maximum absolute atomic E-state index is 12.5. The Morgan fingerprint density at radius 2 is 2.27 bits per heavy atom. The third-order valence-electron chi connectivity index (χ3n) is 3.88. The number of nitrogens with zero attached hydrogens (tertiary/aromatic N) is 1. The fraction of sp³-hybridized carbons (Fsp3) is 0.0556. The van der Waals surface area contributed by atoms with E-state index in [1.165, 1.54) is 17.4 Å². The van der Waals surface area contributed by atoms with Crippen LogP contribution in [0.2, 0.25) is 0 Å². The molecule has 0 fully saturated rings. The van der Waals surface area contributed by atoms with Gasteiger partial charge in [-0.2, -0.15) is 0 Å². The Morgan fingerprint density at radius 3 is 3.04 bits per heavy atom. The van der Waals surface area contributed by atoms with Crippen molar-refractivity contribution in [2.45, 2.75) is 6.54 Å². The highest BCUT2D eigenvalue weighted by atomic mass is 32.1. The topological polar surface area (TPSA) is 104 Å². The summed E-state index contributed by atoms with van der Waals surface area (Å²) in [6, 6.07) is 7.44. The number of carbonyl (C=O) groups excluding carboxylic acids is 1. The highest BCUT2D eigenvalue weighted by Crippen LogP contribution is 2.28. The van der Waals surface area contributed by atoms with Crippen LogP contribution in [-0.2, 0) is 20.9 Å². The molecule has 0 saturated heterocycles. The molecule has 3 aromatic heterocycles. The number of ketones is 1. The molecule has 26 heavy (non-hydrogen) atoms. The van der Waals surface area contributed by atoms with Gasteiger partial charge in [0.1, 0.15) is 5.65 Å². The van der Waals surface area contributed by atoms with Crippen molar-refractivity contribution in [3.05, 3.63) is 69.7 Å². The fourth-order valence-electron chi connectivity index (χ4n) is 2.67. The number of pyridine rings is 1. The van der Waals surface area contributed by atoms with Gasteiger partial charge in [0.15, 0.2) is 11.3 Å². The minimum Gasteiger partial charge on any atom is -0.477 e. The van der Waals surface area contributed by atoms with Crippen LogP contribution in [0.15, 0.2) is 59.3 Å². The number of aliphatic carboxylic acids is 1. The fourth-order valence-corrected chi connectivity index (χ4v) is 3.31. The number of Topliss-reactive ketones (excluding diaryl/α,β-unsaturated/α-hetero) is 1. The number of fused-ring (bicyclic) bond motifs is 1. The minimum atomic E-state index is -1.33. The summed E-state index contributed by atoms with van der Waals surface area (Å²) in [5.41, 5.74) is 0.971. The summed E-state index contributed by atoms with van der Waals surface area (Å²) in [7, 11) is 0. The molecule has 0 aromatic carbocycles. The molecule has 0 amide bonds. The van der Waals surface area contributed by atoms with Gasteiger partial charge in [-0.25, -0.2) is 9.78 Å². The largest absolute Gasteiger partial charge is 0.477 e. The number of rotatable bonds is 5. The second-order valence-electron chi connectivity index (χ2n) is 5.53. The van der Waals surface area contributed by atoms with Gasteiger partial charge >= 0.3 is 5.97 Å². The molecular formula is C18H13N3O4S.